The molecular formula is C18H22N4O. The summed E-state index contributed by atoms with van der Waals surface area (Å²) in [6.45, 7) is 6.24. The number of amides is 1. The average molecular weight is 310 g/mol. The molecule has 1 fully saturated rings. The van der Waals surface area contributed by atoms with Crippen molar-refractivity contribution in [2.24, 2.45) is 0 Å². The average Bonchev–Trinajstić information content (AvgIpc) is 3.07. The van der Waals surface area contributed by atoms with Crippen molar-refractivity contribution in [2.45, 2.75) is 33.2 Å². The number of aromatic nitrogens is 2. The highest BCUT2D eigenvalue weighted by molar-refractivity contribution is 5.93. The highest BCUT2D eigenvalue weighted by Gasteiger charge is 2.21. The number of hydrogen-bond acceptors (Lipinski definition) is 4. The summed E-state index contributed by atoms with van der Waals surface area (Å²) in [4.78, 5) is 23.1. The zero-order chi connectivity index (χ0) is 16.2. The van der Waals surface area contributed by atoms with E-state index in [2.05, 4.69) is 34.3 Å². The monoisotopic (exact) mass is 310 g/mol. The first-order chi connectivity index (χ1) is 11.1. The summed E-state index contributed by atoms with van der Waals surface area (Å²) in [5.74, 6) is 1.32. The van der Waals surface area contributed by atoms with Gasteiger partial charge in [-0.25, -0.2) is 9.97 Å². The van der Waals surface area contributed by atoms with E-state index < -0.39 is 0 Å². The largest absolute Gasteiger partial charge is 0.366 e. The van der Waals surface area contributed by atoms with E-state index in [0.29, 0.717) is 23.9 Å². The molecule has 0 spiro atoms. The van der Waals surface area contributed by atoms with Gasteiger partial charge in [0.05, 0.1) is 0 Å². The fourth-order valence-electron chi connectivity index (χ4n) is 2.84. The third kappa shape index (κ3) is 3.67. The summed E-state index contributed by atoms with van der Waals surface area (Å²) in [5.41, 5.74) is 2.93. The predicted octanol–water partition coefficient (Wildman–Crippen LogP) is 2.94. The van der Waals surface area contributed by atoms with E-state index in [4.69, 9.17) is 0 Å². The maximum atomic E-state index is 12.5. The van der Waals surface area contributed by atoms with Gasteiger partial charge in [0.2, 0.25) is 0 Å². The maximum absolute atomic E-state index is 12.5. The SMILES string of the molecule is Cc1nc(NCc2ccccc2C)cc(C(=O)N2CCCC2)n1. The van der Waals surface area contributed by atoms with Gasteiger partial charge in [-0.15, -0.1) is 0 Å². The molecule has 2 heterocycles. The highest BCUT2D eigenvalue weighted by atomic mass is 16.2. The van der Waals surface area contributed by atoms with Crippen molar-refractivity contribution in [2.75, 3.05) is 18.4 Å². The van der Waals surface area contributed by atoms with Gasteiger partial charge in [-0.05, 0) is 37.8 Å². The number of carbonyl (C=O) groups excluding carboxylic acids is 1. The molecule has 1 N–H and O–H groups in total. The van der Waals surface area contributed by atoms with Gasteiger partial charge in [0.15, 0.2) is 0 Å². The Bertz CT molecular complexity index is 708. The van der Waals surface area contributed by atoms with Gasteiger partial charge in [0, 0.05) is 25.7 Å². The Kier molecular flexibility index (Phi) is 4.55. The third-order valence-corrected chi connectivity index (χ3v) is 4.17. The lowest BCUT2D eigenvalue weighted by atomic mass is 10.1. The summed E-state index contributed by atoms with van der Waals surface area (Å²) < 4.78 is 0. The molecule has 0 saturated carbocycles. The molecule has 1 saturated heterocycles. The zero-order valence-electron chi connectivity index (χ0n) is 13.7. The van der Waals surface area contributed by atoms with Gasteiger partial charge in [-0.3, -0.25) is 4.79 Å². The Hall–Kier alpha value is -2.43. The minimum absolute atomic E-state index is 0.00643. The molecule has 3 rings (SSSR count). The van der Waals surface area contributed by atoms with Crippen LogP contribution in [0.4, 0.5) is 5.82 Å². The molecular weight excluding hydrogens is 288 g/mol. The van der Waals surface area contributed by atoms with E-state index in [-0.39, 0.29) is 5.91 Å². The maximum Gasteiger partial charge on any atom is 0.272 e. The van der Waals surface area contributed by atoms with Crippen molar-refractivity contribution in [3.8, 4) is 0 Å². The number of nitrogens with one attached hydrogen (secondary N) is 1. The van der Waals surface area contributed by atoms with Crippen LogP contribution in [0, 0.1) is 13.8 Å². The van der Waals surface area contributed by atoms with Crippen LogP contribution in [0.1, 0.15) is 40.3 Å². The molecule has 1 aromatic heterocycles. The second-order valence-electron chi connectivity index (χ2n) is 5.96. The fraction of sp³-hybridized carbons (Fsp3) is 0.389. The molecule has 120 valence electrons. The lowest BCUT2D eigenvalue weighted by molar-refractivity contribution is 0.0786. The van der Waals surface area contributed by atoms with E-state index >= 15 is 0 Å². The number of carbonyl (C=O) groups is 1. The van der Waals surface area contributed by atoms with E-state index in [1.165, 1.54) is 11.1 Å². The summed E-state index contributed by atoms with van der Waals surface area (Å²) >= 11 is 0. The molecule has 1 aliphatic rings. The van der Waals surface area contributed by atoms with Crippen molar-refractivity contribution < 1.29 is 4.79 Å². The predicted molar refractivity (Wildman–Crippen MR) is 90.4 cm³/mol. The quantitative estimate of drug-likeness (QED) is 0.943. The summed E-state index contributed by atoms with van der Waals surface area (Å²) in [7, 11) is 0. The number of nitrogens with zero attached hydrogens (tertiary/aromatic N) is 3. The lowest BCUT2D eigenvalue weighted by Gasteiger charge is -2.15. The molecule has 5 heteroatoms. The standard InChI is InChI=1S/C18H22N4O/c1-13-7-3-4-8-15(13)12-19-17-11-16(20-14(2)21-17)18(23)22-9-5-6-10-22/h3-4,7-8,11H,5-6,9-10,12H2,1-2H3,(H,19,20,21). The van der Waals surface area contributed by atoms with Crippen molar-refractivity contribution in [3.63, 3.8) is 0 Å². The molecule has 5 nitrogen and oxygen atoms in total. The van der Waals surface area contributed by atoms with Gasteiger partial charge in [-0.1, -0.05) is 24.3 Å². The summed E-state index contributed by atoms with van der Waals surface area (Å²) in [5, 5.41) is 3.31. The van der Waals surface area contributed by atoms with Crippen LogP contribution in [0.3, 0.4) is 0 Å². The van der Waals surface area contributed by atoms with Crippen molar-refractivity contribution in [1.29, 1.82) is 0 Å². The molecule has 1 aromatic carbocycles. The van der Waals surface area contributed by atoms with Gasteiger partial charge in [0.1, 0.15) is 17.3 Å². The molecule has 1 aliphatic heterocycles. The molecule has 0 aliphatic carbocycles. The van der Waals surface area contributed by atoms with Crippen LogP contribution < -0.4 is 5.32 Å². The van der Waals surface area contributed by atoms with Crippen LogP contribution in [0.5, 0.6) is 0 Å². The first-order valence-electron chi connectivity index (χ1n) is 8.07. The molecule has 1 amide bonds. The van der Waals surface area contributed by atoms with Crippen LogP contribution in [-0.2, 0) is 6.54 Å². The normalized spacial score (nSPS) is 14.1. The number of rotatable bonds is 4. The molecule has 23 heavy (non-hydrogen) atoms. The highest BCUT2D eigenvalue weighted by Crippen LogP contribution is 2.15. The Labute approximate surface area is 136 Å². The first kappa shape index (κ1) is 15.5. The van der Waals surface area contributed by atoms with Crippen molar-refractivity contribution in [1.82, 2.24) is 14.9 Å². The van der Waals surface area contributed by atoms with Crippen LogP contribution in [-0.4, -0.2) is 33.9 Å². The minimum Gasteiger partial charge on any atom is -0.366 e. The topological polar surface area (TPSA) is 58.1 Å². The molecule has 0 bridgehead atoms. The van der Waals surface area contributed by atoms with Crippen LogP contribution in [0.15, 0.2) is 30.3 Å². The van der Waals surface area contributed by atoms with Crippen LogP contribution in [0.25, 0.3) is 0 Å². The second kappa shape index (κ2) is 6.77. The van der Waals surface area contributed by atoms with Gasteiger partial charge < -0.3 is 10.2 Å². The number of benzene rings is 1. The number of hydrogen-bond donors (Lipinski definition) is 1. The van der Waals surface area contributed by atoms with Gasteiger partial charge in [0.25, 0.3) is 5.91 Å². The van der Waals surface area contributed by atoms with Crippen molar-refractivity contribution >= 4 is 11.7 Å². The van der Waals surface area contributed by atoms with Crippen LogP contribution >= 0.6 is 0 Å². The number of anilines is 1. The Morgan fingerprint density at radius 3 is 2.65 bits per heavy atom. The Morgan fingerprint density at radius 2 is 1.91 bits per heavy atom. The lowest BCUT2D eigenvalue weighted by Crippen LogP contribution is -2.28. The molecule has 0 radical (unpaired) electrons. The fourth-order valence-corrected chi connectivity index (χ4v) is 2.84. The van der Waals surface area contributed by atoms with Gasteiger partial charge in [-0.2, -0.15) is 0 Å². The minimum atomic E-state index is 0.00643. The van der Waals surface area contributed by atoms with E-state index in [1.54, 1.807) is 6.07 Å². The van der Waals surface area contributed by atoms with Crippen molar-refractivity contribution in [3.05, 3.63) is 53.0 Å². The number of likely N-dealkylation sites (tertiary alicyclic amines) is 1. The molecule has 0 unspecified atom stereocenters. The Morgan fingerprint density at radius 1 is 1.17 bits per heavy atom. The summed E-state index contributed by atoms with van der Waals surface area (Å²) in [6, 6.07) is 9.99. The summed E-state index contributed by atoms with van der Waals surface area (Å²) in [6.07, 6.45) is 2.16. The Balaban J connectivity index is 1.75. The molecule has 2 aromatic rings. The zero-order valence-corrected chi connectivity index (χ0v) is 13.7. The first-order valence-corrected chi connectivity index (χ1v) is 8.07. The van der Waals surface area contributed by atoms with E-state index in [1.807, 2.05) is 24.0 Å². The van der Waals surface area contributed by atoms with E-state index in [9.17, 15) is 4.79 Å². The van der Waals surface area contributed by atoms with Crippen LogP contribution in [0.2, 0.25) is 0 Å². The van der Waals surface area contributed by atoms with Gasteiger partial charge >= 0.3 is 0 Å². The number of aryl methyl sites for hydroxylation is 2. The molecule has 0 atom stereocenters. The third-order valence-electron chi connectivity index (χ3n) is 4.17. The smallest absolute Gasteiger partial charge is 0.272 e. The second-order valence-corrected chi connectivity index (χ2v) is 5.96. The van der Waals surface area contributed by atoms with E-state index in [0.717, 1.165) is 25.9 Å².